The molecule has 0 amide bonds. The molecule has 0 radical (unpaired) electrons. The van der Waals surface area contributed by atoms with Gasteiger partial charge < -0.3 is 10.1 Å². The average Bonchev–Trinajstić information content (AvgIpc) is 2.50. The standard InChI is InChI=1S/C17H30N2OS/c1-5-16(14-21-4)19(3)10-11-20-17-9-7-8-15(12-17)13-18-6-2/h7-9,12,16,18H,5-6,10-11,13-14H2,1-4H3. The minimum atomic E-state index is 0.642. The van der Waals surface area contributed by atoms with E-state index in [1.807, 2.05) is 17.8 Å². The second-order valence-electron chi connectivity index (χ2n) is 5.27. The summed E-state index contributed by atoms with van der Waals surface area (Å²) in [7, 11) is 2.19. The van der Waals surface area contributed by atoms with Crippen LogP contribution in [-0.4, -0.2) is 49.7 Å². The minimum Gasteiger partial charge on any atom is -0.492 e. The molecule has 0 aliphatic carbocycles. The molecule has 0 heterocycles. The number of nitrogens with zero attached hydrogens (tertiary/aromatic N) is 1. The van der Waals surface area contributed by atoms with Crippen molar-refractivity contribution in [1.29, 1.82) is 0 Å². The van der Waals surface area contributed by atoms with E-state index < -0.39 is 0 Å². The summed E-state index contributed by atoms with van der Waals surface area (Å²) in [6, 6.07) is 9.00. The van der Waals surface area contributed by atoms with Crippen LogP contribution in [0.3, 0.4) is 0 Å². The van der Waals surface area contributed by atoms with Gasteiger partial charge in [-0.1, -0.05) is 26.0 Å². The third kappa shape index (κ3) is 7.21. The number of hydrogen-bond donors (Lipinski definition) is 1. The van der Waals surface area contributed by atoms with Crippen molar-refractivity contribution in [2.24, 2.45) is 0 Å². The van der Waals surface area contributed by atoms with Crippen LogP contribution in [0.2, 0.25) is 0 Å². The summed E-state index contributed by atoms with van der Waals surface area (Å²) in [6.07, 6.45) is 3.36. The molecule has 1 aromatic carbocycles. The van der Waals surface area contributed by atoms with E-state index in [4.69, 9.17) is 4.74 Å². The van der Waals surface area contributed by atoms with Crippen molar-refractivity contribution in [2.75, 3.05) is 38.8 Å². The lowest BCUT2D eigenvalue weighted by molar-refractivity contribution is 0.199. The van der Waals surface area contributed by atoms with Crippen molar-refractivity contribution in [3.8, 4) is 5.75 Å². The van der Waals surface area contributed by atoms with Gasteiger partial charge in [0.2, 0.25) is 0 Å². The second kappa shape index (κ2) is 10.9. The van der Waals surface area contributed by atoms with Gasteiger partial charge in [0.05, 0.1) is 0 Å². The highest BCUT2D eigenvalue weighted by molar-refractivity contribution is 7.98. The Morgan fingerprint density at radius 3 is 2.81 bits per heavy atom. The second-order valence-corrected chi connectivity index (χ2v) is 6.18. The van der Waals surface area contributed by atoms with Gasteiger partial charge in [0.15, 0.2) is 0 Å². The number of likely N-dealkylation sites (N-methyl/N-ethyl adjacent to an activating group) is 1. The third-order valence-electron chi connectivity index (χ3n) is 3.64. The molecule has 0 saturated carbocycles. The maximum atomic E-state index is 5.89. The number of nitrogens with one attached hydrogen (secondary N) is 1. The molecule has 0 aromatic heterocycles. The maximum absolute atomic E-state index is 5.89. The summed E-state index contributed by atoms with van der Waals surface area (Å²) in [5, 5.41) is 3.34. The molecule has 1 N–H and O–H groups in total. The number of hydrogen-bond acceptors (Lipinski definition) is 4. The lowest BCUT2D eigenvalue weighted by Gasteiger charge is -2.26. The fraction of sp³-hybridized carbons (Fsp3) is 0.647. The summed E-state index contributed by atoms with van der Waals surface area (Å²) < 4.78 is 5.89. The molecular formula is C17H30N2OS. The first-order valence-corrected chi connectivity index (χ1v) is 9.22. The first kappa shape index (κ1) is 18.3. The Balaban J connectivity index is 2.37. The zero-order valence-corrected chi connectivity index (χ0v) is 14.7. The largest absolute Gasteiger partial charge is 0.492 e. The zero-order chi connectivity index (χ0) is 15.5. The van der Waals surface area contributed by atoms with Gasteiger partial charge in [-0.2, -0.15) is 11.8 Å². The van der Waals surface area contributed by atoms with Gasteiger partial charge in [-0.05, 0) is 44.0 Å². The molecule has 3 nitrogen and oxygen atoms in total. The highest BCUT2D eigenvalue weighted by atomic mass is 32.2. The van der Waals surface area contributed by atoms with E-state index >= 15 is 0 Å². The molecule has 0 bridgehead atoms. The minimum absolute atomic E-state index is 0.642. The predicted octanol–water partition coefficient (Wildman–Crippen LogP) is 3.25. The topological polar surface area (TPSA) is 24.5 Å². The van der Waals surface area contributed by atoms with Gasteiger partial charge in [-0.3, -0.25) is 4.90 Å². The molecule has 1 aromatic rings. The molecule has 1 atom stereocenters. The van der Waals surface area contributed by atoms with Crippen molar-refractivity contribution in [3.63, 3.8) is 0 Å². The monoisotopic (exact) mass is 310 g/mol. The van der Waals surface area contributed by atoms with E-state index in [0.717, 1.165) is 32.0 Å². The van der Waals surface area contributed by atoms with Crippen LogP contribution in [0, 0.1) is 0 Å². The first-order chi connectivity index (χ1) is 10.2. The van der Waals surface area contributed by atoms with Gasteiger partial charge in [0.25, 0.3) is 0 Å². The van der Waals surface area contributed by atoms with Crippen molar-refractivity contribution in [1.82, 2.24) is 10.2 Å². The molecular weight excluding hydrogens is 280 g/mol. The first-order valence-electron chi connectivity index (χ1n) is 7.82. The van der Waals surface area contributed by atoms with Crippen LogP contribution in [0.25, 0.3) is 0 Å². The van der Waals surface area contributed by atoms with E-state index in [9.17, 15) is 0 Å². The Morgan fingerprint density at radius 2 is 2.14 bits per heavy atom. The molecule has 0 saturated heterocycles. The third-order valence-corrected chi connectivity index (χ3v) is 4.36. The fourth-order valence-corrected chi connectivity index (χ4v) is 3.13. The number of benzene rings is 1. The molecule has 0 aliphatic rings. The Bertz CT molecular complexity index is 387. The van der Waals surface area contributed by atoms with E-state index in [1.165, 1.54) is 17.7 Å². The van der Waals surface area contributed by atoms with Crippen molar-refractivity contribution in [2.45, 2.75) is 32.9 Å². The van der Waals surface area contributed by atoms with Crippen LogP contribution in [0.5, 0.6) is 5.75 Å². The van der Waals surface area contributed by atoms with Crippen LogP contribution < -0.4 is 10.1 Å². The summed E-state index contributed by atoms with van der Waals surface area (Å²) >= 11 is 1.91. The SMILES string of the molecule is CCNCc1cccc(OCCN(C)C(CC)CSC)c1. The number of ether oxygens (including phenoxy) is 1. The van der Waals surface area contributed by atoms with Gasteiger partial charge in [-0.25, -0.2) is 0 Å². The Morgan fingerprint density at radius 1 is 1.33 bits per heavy atom. The molecule has 4 heteroatoms. The molecule has 0 spiro atoms. The van der Waals surface area contributed by atoms with E-state index in [-0.39, 0.29) is 0 Å². The van der Waals surface area contributed by atoms with Crippen LogP contribution in [0.4, 0.5) is 0 Å². The molecule has 0 fully saturated rings. The van der Waals surface area contributed by atoms with Crippen molar-refractivity contribution < 1.29 is 4.74 Å². The normalized spacial score (nSPS) is 12.6. The summed E-state index contributed by atoms with van der Waals surface area (Å²) in [4.78, 5) is 2.40. The maximum Gasteiger partial charge on any atom is 0.119 e. The number of rotatable bonds is 11. The van der Waals surface area contributed by atoms with E-state index in [1.54, 1.807) is 0 Å². The van der Waals surface area contributed by atoms with Crippen molar-refractivity contribution >= 4 is 11.8 Å². The van der Waals surface area contributed by atoms with Crippen molar-refractivity contribution in [3.05, 3.63) is 29.8 Å². The zero-order valence-electron chi connectivity index (χ0n) is 13.9. The van der Waals surface area contributed by atoms with Gasteiger partial charge in [-0.15, -0.1) is 0 Å². The van der Waals surface area contributed by atoms with Crippen LogP contribution >= 0.6 is 11.8 Å². The lowest BCUT2D eigenvalue weighted by atomic mass is 10.2. The van der Waals surface area contributed by atoms with E-state index in [0.29, 0.717) is 6.04 Å². The molecule has 1 unspecified atom stereocenters. The lowest BCUT2D eigenvalue weighted by Crippen LogP contribution is -2.36. The summed E-state index contributed by atoms with van der Waals surface area (Å²) in [6.45, 7) is 7.98. The smallest absolute Gasteiger partial charge is 0.119 e. The van der Waals surface area contributed by atoms with E-state index in [2.05, 4.69) is 55.6 Å². The predicted molar refractivity (Wildman–Crippen MR) is 94.4 cm³/mol. The van der Waals surface area contributed by atoms with Crippen LogP contribution in [-0.2, 0) is 6.54 Å². The highest BCUT2D eigenvalue weighted by Crippen LogP contribution is 2.14. The van der Waals surface area contributed by atoms with Crippen LogP contribution in [0.15, 0.2) is 24.3 Å². The van der Waals surface area contributed by atoms with Gasteiger partial charge in [0.1, 0.15) is 12.4 Å². The quantitative estimate of drug-likeness (QED) is 0.678. The Hall–Kier alpha value is -0.710. The number of thioether (sulfide) groups is 1. The van der Waals surface area contributed by atoms with Gasteiger partial charge in [0, 0.05) is 24.9 Å². The summed E-state index contributed by atoms with van der Waals surface area (Å²) in [5.74, 6) is 2.15. The average molecular weight is 311 g/mol. The highest BCUT2D eigenvalue weighted by Gasteiger charge is 2.11. The molecule has 120 valence electrons. The van der Waals surface area contributed by atoms with Gasteiger partial charge >= 0.3 is 0 Å². The summed E-state index contributed by atoms with van der Waals surface area (Å²) in [5.41, 5.74) is 1.27. The Kier molecular flexibility index (Phi) is 9.55. The van der Waals surface area contributed by atoms with Crippen LogP contribution in [0.1, 0.15) is 25.8 Å². The molecule has 0 aliphatic heterocycles. The molecule has 21 heavy (non-hydrogen) atoms. The molecule has 1 rings (SSSR count). The fourth-order valence-electron chi connectivity index (χ4n) is 2.25. The Labute approximate surface area is 134 Å².